The molecule has 1 aromatic rings. The second kappa shape index (κ2) is 7.22. The molecule has 3 aliphatic rings. The number of aromatic nitrogens is 2. The zero-order valence-corrected chi connectivity index (χ0v) is 16.4. The summed E-state index contributed by atoms with van der Waals surface area (Å²) in [6, 6.07) is 2.67. The topological polar surface area (TPSA) is 63.5 Å². The van der Waals surface area contributed by atoms with Crippen LogP contribution in [0.25, 0.3) is 0 Å². The number of aryl methyl sites for hydroxylation is 3. The molecule has 1 aromatic heterocycles. The van der Waals surface area contributed by atoms with Crippen LogP contribution in [-0.2, 0) is 11.3 Å². The van der Waals surface area contributed by atoms with E-state index < -0.39 is 0 Å². The van der Waals surface area contributed by atoms with Crippen molar-refractivity contribution in [1.29, 1.82) is 0 Å². The molecule has 0 amide bonds. The molecular weight excluding hydrogens is 326 g/mol. The van der Waals surface area contributed by atoms with Crippen LogP contribution in [0.2, 0.25) is 0 Å². The summed E-state index contributed by atoms with van der Waals surface area (Å²) < 4.78 is 8.12. The number of rotatable bonds is 6. The van der Waals surface area contributed by atoms with Crippen molar-refractivity contribution < 1.29 is 4.74 Å². The largest absolute Gasteiger partial charge is 0.377 e. The molecule has 0 radical (unpaired) electrons. The lowest BCUT2D eigenvalue weighted by Crippen LogP contribution is -2.72. The van der Waals surface area contributed by atoms with Gasteiger partial charge in [-0.15, -0.1) is 0 Å². The van der Waals surface area contributed by atoms with E-state index >= 15 is 0 Å². The van der Waals surface area contributed by atoms with E-state index in [9.17, 15) is 0 Å². The fraction of sp³-hybridized carbons (Fsp3) is 0.800. The van der Waals surface area contributed by atoms with Gasteiger partial charge in [0, 0.05) is 49.3 Å². The van der Waals surface area contributed by atoms with Crippen LogP contribution in [0.1, 0.15) is 50.4 Å². The van der Waals surface area contributed by atoms with Crippen LogP contribution < -0.4 is 10.6 Å². The van der Waals surface area contributed by atoms with Crippen molar-refractivity contribution in [3.05, 3.63) is 17.5 Å². The fourth-order valence-electron chi connectivity index (χ4n) is 5.24. The van der Waals surface area contributed by atoms with Gasteiger partial charge in [-0.3, -0.25) is 9.67 Å². The number of guanidine groups is 1. The highest BCUT2D eigenvalue weighted by Gasteiger charge is 2.66. The van der Waals surface area contributed by atoms with Gasteiger partial charge in [0.1, 0.15) is 0 Å². The normalized spacial score (nSPS) is 29.2. The van der Waals surface area contributed by atoms with Crippen molar-refractivity contribution in [2.24, 2.45) is 16.3 Å². The van der Waals surface area contributed by atoms with Crippen molar-refractivity contribution in [3.63, 3.8) is 0 Å². The summed E-state index contributed by atoms with van der Waals surface area (Å²) in [6.45, 7) is 9.87. The third-order valence-electron chi connectivity index (χ3n) is 6.57. The third kappa shape index (κ3) is 3.02. The summed E-state index contributed by atoms with van der Waals surface area (Å²) in [5.41, 5.74) is 2.71. The fourth-order valence-corrected chi connectivity index (χ4v) is 5.24. The van der Waals surface area contributed by atoms with Crippen LogP contribution in [0.15, 0.2) is 11.1 Å². The maximum absolute atomic E-state index is 6.03. The molecule has 4 rings (SSSR count). The first-order chi connectivity index (χ1) is 12.6. The van der Waals surface area contributed by atoms with Crippen LogP contribution in [0.5, 0.6) is 0 Å². The molecule has 144 valence electrons. The van der Waals surface area contributed by atoms with E-state index in [-0.39, 0.29) is 0 Å². The molecule has 3 unspecified atom stereocenters. The van der Waals surface area contributed by atoms with E-state index in [0.717, 1.165) is 44.3 Å². The molecule has 6 heteroatoms. The van der Waals surface area contributed by atoms with Crippen molar-refractivity contribution in [1.82, 2.24) is 20.4 Å². The van der Waals surface area contributed by atoms with Gasteiger partial charge in [0.25, 0.3) is 0 Å². The summed E-state index contributed by atoms with van der Waals surface area (Å²) in [5, 5.41) is 11.7. The highest BCUT2D eigenvalue weighted by molar-refractivity contribution is 5.80. The van der Waals surface area contributed by atoms with Crippen LogP contribution in [0.4, 0.5) is 0 Å². The molecule has 0 bridgehead atoms. The summed E-state index contributed by atoms with van der Waals surface area (Å²) in [6.07, 6.45) is 6.67. The van der Waals surface area contributed by atoms with E-state index in [2.05, 4.69) is 40.3 Å². The van der Waals surface area contributed by atoms with Crippen molar-refractivity contribution in [2.45, 2.75) is 71.6 Å². The second-order valence-corrected chi connectivity index (χ2v) is 8.22. The van der Waals surface area contributed by atoms with Crippen LogP contribution in [-0.4, -0.2) is 47.6 Å². The average molecular weight is 360 g/mol. The minimum atomic E-state index is 0.390. The number of nitrogens with one attached hydrogen (secondary N) is 2. The predicted molar refractivity (Wildman–Crippen MR) is 103 cm³/mol. The first kappa shape index (κ1) is 17.8. The van der Waals surface area contributed by atoms with E-state index in [1.54, 1.807) is 0 Å². The van der Waals surface area contributed by atoms with Gasteiger partial charge in [-0.05, 0) is 52.5 Å². The molecular formula is C20H33N5O. The molecule has 2 aliphatic carbocycles. The molecule has 2 heterocycles. The number of hydrogen-bond acceptors (Lipinski definition) is 3. The highest BCUT2D eigenvalue weighted by Crippen LogP contribution is 2.62. The first-order valence-corrected chi connectivity index (χ1v) is 10.3. The smallest absolute Gasteiger partial charge is 0.191 e. The lowest BCUT2D eigenvalue weighted by Gasteiger charge is -2.63. The monoisotopic (exact) mass is 359 g/mol. The number of hydrogen-bond donors (Lipinski definition) is 2. The summed E-state index contributed by atoms with van der Waals surface area (Å²) in [4.78, 5) is 4.84. The SMILES string of the molecule is CCNC(=NCCCn1nc(C)cc1C)NC1C2CCOC2C12CCC2. The minimum Gasteiger partial charge on any atom is -0.377 e. The van der Waals surface area contributed by atoms with E-state index in [1.165, 1.54) is 31.4 Å². The quantitative estimate of drug-likeness (QED) is 0.465. The summed E-state index contributed by atoms with van der Waals surface area (Å²) in [7, 11) is 0. The Morgan fingerprint density at radius 2 is 2.27 bits per heavy atom. The zero-order valence-electron chi connectivity index (χ0n) is 16.4. The second-order valence-electron chi connectivity index (χ2n) is 8.22. The van der Waals surface area contributed by atoms with E-state index in [0.29, 0.717) is 23.5 Å². The number of aliphatic imine (C=N–C) groups is 1. The van der Waals surface area contributed by atoms with Crippen LogP contribution in [0.3, 0.4) is 0 Å². The van der Waals surface area contributed by atoms with Gasteiger partial charge in [-0.2, -0.15) is 5.10 Å². The van der Waals surface area contributed by atoms with Gasteiger partial charge in [0.2, 0.25) is 0 Å². The lowest BCUT2D eigenvalue weighted by molar-refractivity contribution is -0.171. The average Bonchev–Trinajstić information content (AvgIpc) is 3.11. The number of fused-ring (bicyclic) bond motifs is 2. The van der Waals surface area contributed by atoms with Gasteiger partial charge < -0.3 is 15.4 Å². The molecule has 2 N–H and O–H groups in total. The van der Waals surface area contributed by atoms with Crippen LogP contribution >= 0.6 is 0 Å². The van der Waals surface area contributed by atoms with Gasteiger partial charge >= 0.3 is 0 Å². The Labute approximate surface area is 156 Å². The standard InChI is InChI=1S/C20H33N5O/c1-4-21-19(22-10-6-11-25-15(3)13-14(2)24-25)23-17-16-7-12-26-18(16)20(17)8-5-9-20/h13,16-18H,4-12H2,1-3H3,(H2,21,22,23). The Kier molecular flexibility index (Phi) is 4.95. The predicted octanol–water partition coefficient (Wildman–Crippen LogP) is 2.40. The molecule has 1 spiro atoms. The molecule has 2 saturated carbocycles. The van der Waals surface area contributed by atoms with Gasteiger partial charge in [0.15, 0.2) is 5.96 Å². The lowest BCUT2D eigenvalue weighted by atomic mass is 9.46. The van der Waals surface area contributed by atoms with E-state index in [1.807, 2.05) is 6.92 Å². The molecule has 1 aliphatic heterocycles. The molecule has 3 fully saturated rings. The molecule has 6 nitrogen and oxygen atoms in total. The molecule has 26 heavy (non-hydrogen) atoms. The number of nitrogens with zero attached hydrogens (tertiary/aromatic N) is 3. The highest BCUT2D eigenvalue weighted by atomic mass is 16.5. The van der Waals surface area contributed by atoms with Gasteiger partial charge in [0.05, 0.1) is 11.8 Å². The van der Waals surface area contributed by atoms with Crippen molar-refractivity contribution in [3.8, 4) is 0 Å². The zero-order chi connectivity index (χ0) is 18.1. The Hall–Kier alpha value is -1.56. The van der Waals surface area contributed by atoms with Crippen molar-refractivity contribution >= 4 is 5.96 Å². The Morgan fingerprint density at radius 3 is 2.92 bits per heavy atom. The van der Waals surface area contributed by atoms with Gasteiger partial charge in [-0.1, -0.05) is 6.42 Å². The summed E-state index contributed by atoms with van der Waals surface area (Å²) >= 11 is 0. The Bertz CT molecular complexity index is 663. The maximum Gasteiger partial charge on any atom is 0.191 e. The first-order valence-electron chi connectivity index (χ1n) is 10.3. The van der Waals surface area contributed by atoms with Gasteiger partial charge in [-0.25, -0.2) is 0 Å². The third-order valence-corrected chi connectivity index (χ3v) is 6.57. The number of ether oxygens (including phenoxy) is 1. The summed E-state index contributed by atoms with van der Waals surface area (Å²) in [5.74, 6) is 1.65. The Balaban J connectivity index is 1.33. The molecule has 0 aromatic carbocycles. The molecule has 1 saturated heterocycles. The Morgan fingerprint density at radius 1 is 1.42 bits per heavy atom. The van der Waals surface area contributed by atoms with Crippen LogP contribution in [0, 0.1) is 25.2 Å². The van der Waals surface area contributed by atoms with E-state index in [4.69, 9.17) is 9.73 Å². The maximum atomic E-state index is 6.03. The van der Waals surface area contributed by atoms with Crippen molar-refractivity contribution in [2.75, 3.05) is 19.7 Å². The molecule has 3 atom stereocenters. The minimum absolute atomic E-state index is 0.390.